The van der Waals surface area contributed by atoms with Crippen molar-refractivity contribution in [3.05, 3.63) is 140 Å². The van der Waals surface area contributed by atoms with Crippen molar-refractivity contribution < 1.29 is 8.79 Å². The van der Waals surface area contributed by atoms with Gasteiger partial charge in [0.05, 0.1) is 0 Å². The summed E-state index contributed by atoms with van der Waals surface area (Å²) >= 11 is 0. The minimum atomic E-state index is -2.78. The summed E-state index contributed by atoms with van der Waals surface area (Å²) in [5.41, 5.74) is 8.82. The van der Waals surface area contributed by atoms with Crippen LogP contribution in [0.15, 0.2) is 140 Å². The Balaban J connectivity index is 1.45. The van der Waals surface area contributed by atoms with Crippen LogP contribution in [-0.2, 0) is 0 Å². The molecule has 40 heavy (non-hydrogen) atoms. The molecular formula is C34H24N5P+2. The van der Waals surface area contributed by atoms with E-state index in [1.807, 2.05) is 0 Å². The number of aromatic nitrogens is 4. The molecule has 10 rings (SSSR count). The Labute approximate surface area is 231 Å². The average Bonchev–Trinajstić information content (AvgIpc) is 3.72. The van der Waals surface area contributed by atoms with E-state index in [4.69, 9.17) is 0 Å². The first kappa shape index (κ1) is 20.9. The molecule has 3 aromatic heterocycles. The molecule has 3 aliphatic heterocycles. The van der Waals surface area contributed by atoms with Gasteiger partial charge in [-0.05, 0) is 0 Å². The second-order valence-electron chi connectivity index (χ2n) is 10.8. The van der Waals surface area contributed by atoms with Gasteiger partial charge >= 0.3 is 232 Å². The molecule has 0 N–H and O–H groups in total. The number of benzene rings is 4. The van der Waals surface area contributed by atoms with Gasteiger partial charge in [0.25, 0.3) is 0 Å². The number of para-hydroxylation sites is 2. The number of nitrogens with zero attached hydrogens (tertiary/aromatic N) is 5. The Bertz CT molecular complexity index is 2180. The topological polar surface area (TPSA) is 20.9 Å². The first-order valence-electron chi connectivity index (χ1n) is 13.7. The van der Waals surface area contributed by atoms with Gasteiger partial charge in [-0.2, -0.15) is 0 Å². The van der Waals surface area contributed by atoms with Gasteiger partial charge in [-0.25, -0.2) is 0 Å². The number of fused-ring (bicyclic) bond motifs is 4. The molecule has 0 bridgehead atoms. The van der Waals surface area contributed by atoms with Crippen molar-refractivity contribution in [1.82, 2.24) is 9.25 Å². The van der Waals surface area contributed by atoms with E-state index in [9.17, 15) is 0 Å². The van der Waals surface area contributed by atoms with E-state index in [-0.39, 0.29) is 0 Å². The zero-order valence-corrected chi connectivity index (χ0v) is 22.5. The molecule has 0 radical (unpaired) electrons. The fourth-order valence-corrected chi connectivity index (χ4v) is 12.9. The van der Waals surface area contributed by atoms with Gasteiger partial charge in [0.1, 0.15) is 0 Å². The SMILES string of the molecule is c1ccc(N2c3cccc4c3[PH]3(c5c(ccc6c5c-4cn6-c4ccccc4)-n4ccc[n+]43)[n+]3ccccc32)cc1. The normalized spacial score (nSPS) is 15.4. The molecule has 0 unspecified atom stereocenters. The summed E-state index contributed by atoms with van der Waals surface area (Å²) < 4.78 is 9.95. The van der Waals surface area contributed by atoms with Gasteiger partial charge in [-0.1, -0.05) is 0 Å². The van der Waals surface area contributed by atoms with Crippen molar-refractivity contribution in [3.8, 4) is 22.5 Å². The predicted octanol–water partition coefficient (Wildman–Crippen LogP) is 5.70. The Kier molecular flexibility index (Phi) is 3.74. The first-order chi connectivity index (χ1) is 19.9. The van der Waals surface area contributed by atoms with Gasteiger partial charge in [-0.15, -0.1) is 0 Å². The average molecular weight is 534 g/mol. The number of pyridine rings is 1. The van der Waals surface area contributed by atoms with Crippen LogP contribution in [0.2, 0.25) is 0 Å². The first-order valence-corrected chi connectivity index (χ1v) is 15.6. The van der Waals surface area contributed by atoms with Crippen LogP contribution in [0.3, 0.4) is 0 Å². The quantitative estimate of drug-likeness (QED) is 0.261. The third-order valence-corrected chi connectivity index (χ3v) is 13.5. The van der Waals surface area contributed by atoms with E-state index in [1.165, 1.54) is 61.2 Å². The minimum absolute atomic E-state index is 1.17. The van der Waals surface area contributed by atoms with Crippen molar-refractivity contribution in [2.45, 2.75) is 0 Å². The Morgan fingerprint density at radius 3 is 2.23 bits per heavy atom. The molecule has 3 aliphatic rings. The Morgan fingerprint density at radius 2 is 1.38 bits per heavy atom. The van der Waals surface area contributed by atoms with Gasteiger partial charge in [-0.3, -0.25) is 0 Å². The summed E-state index contributed by atoms with van der Waals surface area (Å²) in [6.45, 7) is 0. The van der Waals surface area contributed by atoms with Crippen molar-refractivity contribution >= 4 is 46.3 Å². The van der Waals surface area contributed by atoms with Crippen molar-refractivity contribution in [1.29, 1.82) is 0 Å². The van der Waals surface area contributed by atoms with Crippen LogP contribution in [0, 0.1) is 0 Å². The van der Waals surface area contributed by atoms with Crippen LogP contribution in [-0.4, -0.2) is 9.25 Å². The monoisotopic (exact) mass is 533 g/mol. The summed E-state index contributed by atoms with van der Waals surface area (Å²) in [6.07, 6.45) is 9.19. The summed E-state index contributed by atoms with van der Waals surface area (Å²) in [7, 11) is -2.78. The summed E-state index contributed by atoms with van der Waals surface area (Å²) in [5, 5.41) is 4.29. The fraction of sp³-hybridized carbons (Fsp3) is 0. The number of anilines is 3. The van der Waals surface area contributed by atoms with E-state index >= 15 is 0 Å². The number of hydrogen-bond acceptors (Lipinski definition) is 1. The van der Waals surface area contributed by atoms with E-state index in [2.05, 4.69) is 163 Å². The summed E-state index contributed by atoms with van der Waals surface area (Å²) in [4.78, 5) is 2.45. The van der Waals surface area contributed by atoms with Crippen LogP contribution >= 0.6 is 7.56 Å². The number of rotatable bonds is 2. The van der Waals surface area contributed by atoms with Crippen molar-refractivity contribution in [3.63, 3.8) is 0 Å². The molecular weight excluding hydrogens is 509 g/mol. The van der Waals surface area contributed by atoms with E-state index < -0.39 is 7.56 Å². The predicted molar refractivity (Wildman–Crippen MR) is 161 cm³/mol. The molecule has 188 valence electrons. The molecule has 1 spiro atoms. The van der Waals surface area contributed by atoms with Crippen molar-refractivity contribution in [2.24, 2.45) is 0 Å². The molecule has 7 aromatic rings. The Morgan fingerprint density at radius 1 is 0.575 bits per heavy atom. The standard InChI is InChI=1S/C34H24N5P/c1-3-11-24(12-4-1)35-23-27-26-15-9-16-30-33(26)40(34-29(19-18-28(35)32(27)34)36-20-10-22-38(36)40)37-21-8-7-17-31(37)39(30)25-13-5-2-6-14-25/h1-23,40H/q+2. The molecule has 0 amide bonds. The molecule has 0 saturated carbocycles. The van der Waals surface area contributed by atoms with Gasteiger partial charge < -0.3 is 0 Å². The third kappa shape index (κ3) is 2.24. The van der Waals surface area contributed by atoms with Gasteiger partial charge in [0.15, 0.2) is 0 Å². The molecule has 0 atom stereocenters. The second kappa shape index (κ2) is 7.15. The zero-order chi connectivity index (χ0) is 26.0. The molecule has 4 aromatic carbocycles. The molecule has 0 saturated heterocycles. The molecule has 6 heterocycles. The second-order valence-corrected chi connectivity index (χ2v) is 14.0. The van der Waals surface area contributed by atoms with Crippen LogP contribution < -0.4 is 24.3 Å². The maximum atomic E-state index is 2.62. The fourth-order valence-electron chi connectivity index (χ4n) is 7.56. The summed E-state index contributed by atoms with van der Waals surface area (Å²) in [6, 6.07) is 41.9. The summed E-state index contributed by atoms with van der Waals surface area (Å²) in [5.74, 6) is 1.20. The number of hydrogen-bond donors (Lipinski definition) is 0. The van der Waals surface area contributed by atoms with Crippen LogP contribution in [0.4, 0.5) is 17.2 Å². The van der Waals surface area contributed by atoms with Crippen molar-refractivity contribution in [2.75, 3.05) is 4.90 Å². The van der Waals surface area contributed by atoms with Gasteiger partial charge in [0.2, 0.25) is 0 Å². The molecule has 6 heteroatoms. The molecule has 5 nitrogen and oxygen atoms in total. The molecule has 0 aliphatic carbocycles. The van der Waals surface area contributed by atoms with E-state index in [1.54, 1.807) is 0 Å². The van der Waals surface area contributed by atoms with E-state index in [0.717, 1.165) is 0 Å². The van der Waals surface area contributed by atoms with Crippen LogP contribution in [0.25, 0.3) is 33.4 Å². The van der Waals surface area contributed by atoms with E-state index in [0.29, 0.717) is 0 Å². The molecule has 0 fully saturated rings. The Hall–Kier alpha value is -4.99. The van der Waals surface area contributed by atoms with Crippen LogP contribution in [0.1, 0.15) is 0 Å². The van der Waals surface area contributed by atoms with Gasteiger partial charge in [0, 0.05) is 0 Å². The maximum absolute atomic E-state index is 2.78. The van der Waals surface area contributed by atoms with Crippen LogP contribution in [0.5, 0.6) is 0 Å². The zero-order valence-electron chi connectivity index (χ0n) is 21.5. The third-order valence-electron chi connectivity index (χ3n) is 8.95.